The standard InChI is InChI=1S/C19H17NO2/c1-22-16-8-6-15(7-9-16)19(21)11-10-18-17-5-3-2-4-14(17)12-13-20-18/h2-9,12-13H,10-11H2,1H3. The van der Waals surface area contributed by atoms with Crippen molar-refractivity contribution in [1.29, 1.82) is 0 Å². The van der Waals surface area contributed by atoms with E-state index in [1.54, 1.807) is 25.4 Å². The van der Waals surface area contributed by atoms with Crippen molar-refractivity contribution in [2.24, 2.45) is 0 Å². The van der Waals surface area contributed by atoms with Crippen LogP contribution in [0.5, 0.6) is 5.75 Å². The molecule has 0 N–H and O–H groups in total. The number of benzene rings is 2. The number of carbonyl (C=O) groups is 1. The first kappa shape index (κ1) is 14.3. The molecule has 1 heterocycles. The van der Waals surface area contributed by atoms with Crippen LogP contribution in [0.1, 0.15) is 22.5 Å². The van der Waals surface area contributed by atoms with E-state index in [4.69, 9.17) is 4.74 Å². The number of hydrogen-bond donors (Lipinski definition) is 0. The molecule has 0 amide bonds. The molecule has 2 aromatic carbocycles. The number of Topliss-reactive ketones (excluding diaryl/α,β-unsaturated/α-hetero) is 1. The van der Waals surface area contributed by atoms with Crippen LogP contribution in [0.3, 0.4) is 0 Å². The molecule has 0 aliphatic rings. The average Bonchev–Trinajstić information content (AvgIpc) is 2.59. The zero-order chi connectivity index (χ0) is 15.4. The maximum absolute atomic E-state index is 12.3. The second-order valence-corrected chi connectivity index (χ2v) is 5.13. The van der Waals surface area contributed by atoms with E-state index in [2.05, 4.69) is 17.1 Å². The molecule has 0 radical (unpaired) electrons. The lowest BCUT2D eigenvalue weighted by Crippen LogP contribution is -2.02. The molecule has 1 aromatic heterocycles. The summed E-state index contributed by atoms with van der Waals surface area (Å²) < 4.78 is 5.11. The van der Waals surface area contributed by atoms with E-state index in [0.29, 0.717) is 18.4 Å². The molecule has 0 saturated heterocycles. The molecule has 110 valence electrons. The number of methoxy groups -OCH3 is 1. The highest BCUT2D eigenvalue weighted by atomic mass is 16.5. The van der Waals surface area contributed by atoms with Gasteiger partial charge in [0.1, 0.15) is 5.75 Å². The van der Waals surface area contributed by atoms with Gasteiger partial charge in [-0.2, -0.15) is 0 Å². The van der Waals surface area contributed by atoms with Gasteiger partial charge >= 0.3 is 0 Å². The van der Waals surface area contributed by atoms with Gasteiger partial charge in [-0.05, 0) is 42.1 Å². The Morgan fingerprint density at radius 1 is 1.05 bits per heavy atom. The molecule has 3 rings (SSSR count). The predicted octanol–water partition coefficient (Wildman–Crippen LogP) is 4.06. The van der Waals surface area contributed by atoms with Crippen LogP contribution in [0.4, 0.5) is 0 Å². The van der Waals surface area contributed by atoms with Crippen molar-refractivity contribution in [3.63, 3.8) is 0 Å². The van der Waals surface area contributed by atoms with Gasteiger partial charge in [-0.1, -0.05) is 24.3 Å². The van der Waals surface area contributed by atoms with Gasteiger partial charge in [0.05, 0.1) is 7.11 Å². The summed E-state index contributed by atoms with van der Waals surface area (Å²) >= 11 is 0. The Kier molecular flexibility index (Phi) is 4.15. The summed E-state index contributed by atoms with van der Waals surface area (Å²) in [6.45, 7) is 0. The van der Waals surface area contributed by atoms with E-state index in [9.17, 15) is 4.79 Å². The van der Waals surface area contributed by atoms with Gasteiger partial charge in [0.25, 0.3) is 0 Å². The van der Waals surface area contributed by atoms with Crippen LogP contribution in [-0.2, 0) is 6.42 Å². The lowest BCUT2D eigenvalue weighted by atomic mass is 10.0. The van der Waals surface area contributed by atoms with Gasteiger partial charge in [-0.3, -0.25) is 9.78 Å². The third kappa shape index (κ3) is 2.98. The van der Waals surface area contributed by atoms with Crippen molar-refractivity contribution < 1.29 is 9.53 Å². The SMILES string of the molecule is COc1ccc(C(=O)CCc2nccc3ccccc23)cc1. The van der Waals surface area contributed by atoms with Gasteiger partial charge in [0.15, 0.2) is 5.78 Å². The minimum absolute atomic E-state index is 0.123. The van der Waals surface area contributed by atoms with E-state index in [1.165, 1.54) is 0 Å². The monoisotopic (exact) mass is 291 g/mol. The van der Waals surface area contributed by atoms with Crippen molar-refractivity contribution in [3.8, 4) is 5.75 Å². The molecule has 3 aromatic rings. The lowest BCUT2D eigenvalue weighted by molar-refractivity contribution is 0.0982. The molecule has 3 nitrogen and oxygen atoms in total. The van der Waals surface area contributed by atoms with Gasteiger partial charge in [0.2, 0.25) is 0 Å². The Balaban J connectivity index is 1.74. The molecule has 3 heteroatoms. The summed E-state index contributed by atoms with van der Waals surface area (Å²) in [7, 11) is 1.61. The number of ether oxygens (including phenoxy) is 1. The molecule has 0 spiro atoms. The van der Waals surface area contributed by atoms with Crippen LogP contribution in [0, 0.1) is 0 Å². The number of carbonyl (C=O) groups excluding carboxylic acids is 1. The second kappa shape index (κ2) is 6.39. The summed E-state index contributed by atoms with van der Waals surface area (Å²) in [6, 6.07) is 17.3. The maximum Gasteiger partial charge on any atom is 0.163 e. The highest BCUT2D eigenvalue weighted by Crippen LogP contribution is 2.19. The van der Waals surface area contributed by atoms with E-state index < -0.39 is 0 Å². The Bertz CT molecular complexity index is 789. The van der Waals surface area contributed by atoms with Crippen molar-refractivity contribution in [2.45, 2.75) is 12.8 Å². The first-order chi connectivity index (χ1) is 10.8. The topological polar surface area (TPSA) is 39.2 Å². The second-order valence-electron chi connectivity index (χ2n) is 5.13. The molecule has 0 fully saturated rings. The zero-order valence-corrected chi connectivity index (χ0v) is 12.5. The zero-order valence-electron chi connectivity index (χ0n) is 12.5. The fraction of sp³-hybridized carbons (Fsp3) is 0.158. The van der Waals surface area contributed by atoms with Crippen molar-refractivity contribution in [1.82, 2.24) is 4.98 Å². The Morgan fingerprint density at radius 3 is 2.59 bits per heavy atom. The molecule has 0 bridgehead atoms. The fourth-order valence-electron chi connectivity index (χ4n) is 2.53. The number of fused-ring (bicyclic) bond motifs is 1. The molecule has 22 heavy (non-hydrogen) atoms. The number of aryl methyl sites for hydroxylation is 1. The quantitative estimate of drug-likeness (QED) is 0.665. The first-order valence-corrected chi connectivity index (χ1v) is 7.28. The summed E-state index contributed by atoms with van der Waals surface area (Å²) in [4.78, 5) is 16.7. The van der Waals surface area contributed by atoms with Gasteiger partial charge < -0.3 is 4.74 Å². The van der Waals surface area contributed by atoms with Crippen LogP contribution in [0.2, 0.25) is 0 Å². The van der Waals surface area contributed by atoms with E-state index in [0.717, 1.165) is 22.2 Å². The smallest absolute Gasteiger partial charge is 0.163 e. The maximum atomic E-state index is 12.3. The van der Waals surface area contributed by atoms with Gasteiger partial charge in [0, 0.05) is 29.3 Å². The van der Waals surface area contributed by atoms with Crippen molar-refractivity contribution in [3.05, 3.63) is 72.1 Å². The van der Waals surface area contributed by atoms with Gasteiger partial charge in [-0.25, -0.2) is 0 Å². The first-order valence-electron chi connectivity index (χ1n) is 7.28. The van der Waals surface area contributed by atoms with Crippen LogP contribution >= 0.6 is 0 Å². The fourth-order valence-corrected chi connectivity index (χ4v) is 2.53. The van der Waals surface area contributed by atoms with Crippen LogP contribution in [-0.4, -0.2) is 17.9 Å². The molecular formula is C19H17NO2. The van der Waals surface area contributed by atoms with Crippen LogP contribution in [0.15, 0.2) is 60.8 Å². The van der Waals surface area contributed by atoms with Crippen LogP contribution in [0.25, 0.3) is 10.8 Å². The number of pyridine rings is 1. The lowest BCUT2D eigenvalue weighted by Gasteiger charge is -2.06. The van der Waals surface area contributed by atoms with E-state index >= 15 is 0 Å². The highest BCUT2D eigenvalue weighted by molar-refractivity contribution is 5.96. The molecule has 0 aliphatic carbocycles. The minimum atomic E-state index is 0.123. The Labute approximate surface area is 129 Å². The Morgan fingerprint density at radius 2 is 1.82 bits per heavy atom. The molecule has 0 atom stereocenters. The third-order valence-corrected chi connectivity index (χ3v) is 3.76. The number of hydrogen-bond acceptors (Lipinski definition) is 3. The van der Waals surface area contributed by atoms with E-state index in [1.807, 2.05) is 30.3 Å². The van der Waals surface area contributed by atoms with Gasteiger partial charge in [-0.15, -0.1) is 0 Å². The Hall–Kier alpha value is -2.68. The normalized spacial score (nSPS) is 10.6. The van der Waals surface area contributed by atoms with Crippen LogP contribution < -0.4 is 4.74 Å². The number of aromatic nitrogens is 1. The average molecular weight is 291 g/mol. The molecule has 0 saturated carbocycles. The summed E-state index contributed by atoms with van der Waals surface area (Å²) in [5, 5.41) is 2.27. The summed E-state index contributed by atoms with van der Waals surface area (Å²) in [6.07, 6.45) is 2.90. The number of rotatable bonds is 5. The predicted molar refractivity (Wildman–Crippen MR) is 87.4 cm³/mol. The number of ketones is 1. The van der Waals surface area contributed by atoms with Crippen molar-refractivity contribution >= 4 is 16.6 Å². The summed E-state index contributed by atoms with van der Waals surface area (Å²) in [5.74, 6) is 0.879. The third-order valence-electron chi connectivity index (χ3n) is 3.76. The molecule has 0 unspecified atom stereocenters. The van der Waals surface area contributed by atoms with Crippen molar-refractivity contribution in [2.75, 3.05) is 7.11 Å². The largest absolute Gasteiger partial charge is 0.497 e. The summed E-state index contributed by atoms with van der Waals surface area (Å²) in [5.41, 5.74) is 1.68. The number of nitrogens with zero attached hydrogens (tertiary/aromatic N) is 1. The molecule has 0 aliphatic heterocycles. The van der Waals surface area contributed by atoms with E-state index in [-0.39, 0.29) is 5.78 Å². The highest BCUT2D eigenvalue weighted by Gasteiger charge is 2.09. The molecular weight excluding hydrogens is 274 g/mol. The minimum Gasteiger partial charge on any atom is -0.497 e.